The van der Waals surface area contributed by atoms with Crippen LogP contribution in [0.15, 0.2) is 36.4 Å². The minimum atomic E-state index is -1.71. The molecule has 2 aromatic rings. The fraction of sp³-hybridized carbons (Fsp3) is 0.409. The number of nitrogens with one attached hydrogen (secondary N) is 1. The van der Waals surface area contributed by atoms with Crippen molar-refractivity contribution >= 4 is 29.2 Å². The molecule has 4 N–H and O–H groups in total. The summed E-state index contributed by atoms with van der Waals surface area (Å²) < 4.78 is 30.2. The second kappa shape index (κ2) is 8.08. The lowest BCUT2D eigenvalue weighted by Crippen LogP contribution is -2.53. The molecule has 8 heteroatoms. The van der Waals surface area contributed by atoms with Crippen LogP contribution in [0.2, 0.25) is 10.0 Å². The molecule has 0 radical (unpaired) electrons. The third-order valence-electron chi connectivity index (χ3n) is 5.54. The van der Waals surface area contributed by atoms with Gasteiger partial charge in [-0.3, -0.25) is 10.1 Å². The number of rotatable bonds is 4. The van der Waals surface area contributed by atoms with Crippen molar-refractivity contribution in [1.82, 2.24) is 5.32 Å². The molecule has 162 valence electrons. The molecule has 1 aliphatic heterocycles. The predicted octanol–water partition coefficient (Wildman–Crippen LogP) is 5.07. The molecule has 0 saturated carbocycles. The van der Waals surface area contributed by atoms with E-state index in [1.807, 2.05) is 20.8 Å². The molecular weight excluding hydrogens is 433 g/mol. The van der Waals surface area contributed by atoms with Gasteiger partial charge in [0.25, 0.3) is 0 Å². The molecule has 3 rings (SSSR count). The third kappa shape index (κ3) is 4.19. The molecule has 0 bridgehead atoms. The first-order valence-corrected chi connectivity index (χ1v) is 10.3. The molecule has 4 unspecified atom stereocenters. The molecule has 1 heterocycles. The Morgan fingerprint density at radius 2 is 1.77 bits per heavy atom. The minimum absolute atomic E-state index is 0.107. The fourth-order valence-electron chi connectivity index (χ4n) is 4.45. The molecule has 0 aromatic heterocycles. The summed E-state index contributed by atoms with van der Waals surface area (Å²) in [6, 6.07) is 6.62. The van der Waals surface area contributed by atoms with Crippen molar-refractivity contribution in [2.75, 3.05) is 0 Å². The Morgan fingerprint density at radius 1 is 1.17 bits per heavy atom. The smallest absolute Gasteiger partial charge is 0.321 e. The highest BCUT2D eigenvalue weighted by molar-refractivity contribution is 6.30. The van der Waals surface area contributed by atoms with Crippen LogP contribution < -0.4 is 11.1 Å². The number of carboxylic acid groups (broad SMARTS) is 1. The van der Waals surface area contributed by atoms with Crippen LogP contribution in [0, 0.1) is 17.0 Å². The summed E-state index contributed by atoms with van der Waals surface area (Å²) in [4.78, 5) is 12.2. The van der Waals surface area contributed by atoms with Crippen LogP contribution >= 0.6 is 23.2 Å². The number of hydrogen-bond donors (Lipinski definition) is 3. The maximum atomic E-state index is 15.1. The van der Waals surface area contributed by atoms with Gasteiger partial charge in [0.15, 0.2) is 0 Å². The lowest BCUT2D eigenvalue weighted by Gasteiger charge is -2.39. The van der Waals surface area contributed by atoms with Gasteiger partial charge in [-0.2, -0.15) is 0 Å². The van der Waals surface area contributed by atoms with Crippen molar-refractivity contribution < 1.29 is 18.7 Å². The number of halogens is 4. The number of hydrogen-bond acceptors (Lipinski definition) is 3. The highest BCUT2D eigenvalue weighted by Gasteiger charge is 2.58. The SMILES string of the molecule is CC(C)(C)CC1NC(C(=O)O)C(c2cccc(Cl)c2)C1(N)c1c(F)cc(Cl)cc1F. The van der Waals surface area contributed by atoms with Crippen LogP contribution in [0.1, 0.15) is 44.2 Å². The highest BCUT2D eigenvalue weighted by Crippen LogP contribution is 2.49. The van der Waals surface area contributed by atoms with E-state index in [1.165, 1.54) is 0 Å². The molecule has 2 aromatic carbocycles. The zero-order valence-corrected chi connectivity index (χ0v) is 18.4. The standard InChI is InChI=1S/C22H24Cl2F2N2O2/c1-21(2,3)10-16-22(27,18-14(25)8-13(24)9-15(18)26)17(19(28-16)20(29)30)11-5-4-6-12(23)7-11/h4-9,16-17,19,28H,10,27H2,1-3H3,(H,29,30). The van der Waals surface area contributed by atoms with Gasteiger partial charge in [0.1, 0.15) is 17.7 Å². The molecule has 1 fully saturated rings. The van der Waals surface area contributed by atoms with Crippen LogP contribution in [0.5, 0.6) is 0 Å². The van der Waals surface area contributed by atoms with E-state index in [-0.39, 0.29) is 16.0 Å². The molecule has 0 aliphatic carbocycles. The topological polar surface area (TPSA) is 75.3 Å². The summed E-state index contributed by atoms with van der Waals surface area (Å²) in [5.74, 6) is -3.98. The number of benzene rings is 2. The Hall–Kier alpha value is -1.73. The maximum Gasteiger partial charge on any atom is 0.321 e. The van der Waals surface area contributed by atoms with Gasteiger partial charge in [0.05, 0.1) is 5.54 Å². The van der Waals surface area contributed by atoms with Gasteiger partial charge in [0.2, 0.25) is 0 Å². The number of carboxylic acids is 1. The number of aliphatic carboxylic acids is 1. The first-order valence-electron chi connectivity index (χ1n) is 9.53. The normalized spacial score (nSPS) is 26.7. The van der Waals surface area contributed by atoms with E-state index in [0.29, 0.717) is 17.0 Å². The van der Waals surface area contributed by atoms with Crippen LogP contribution in [0.4, 0.5) is 8.78 Å². The van der Waals surface area contributed by atoms with Gasteiger partial charge in [-0.15, -0.1) is 0 Å². The van der Waals surface area contributed by atoms with Crippen molar-refractivity contribution in [3.63, 3.8) is 0 Å². The number of nitrogens with two attached hydrogens (primary N) is 1. The lowest BCUT2D eigenvalue weighted by atomic mass is 9.68. The van der Waals surface area contributed by atoms with Crippen molar-refractivity contribution in [1.29, 1.82) is 0 Å². The Balaban J connectivity index is 2.31. The van der Waals surface area contributed by atoms with Crippen LogP contribution in [0.3, 0.4) is 0 Å². The number of carbonyl (C=O) groups is 1. The van der Waals surface area contributed by atoms with E-state index in [0.717, 1.165) is 12.1 Å². The zero-order chi connectivity index (χ0) is 22.4. The van der Waals surface area contributed by atoms with E-state index in [2.05, 4.69) is 5.32 Å². The van der Waals surface area contributed by atoms with Gasteiger partial charge < -0.3 is 10.8 Å². The Labute approximate surface area is 184 Å². The summed E-state index contributed by atoms with van der Waals surface area (Å²) in [6.07, 6.45) is 0.381. The molecule has 4 atom stereocenters. The monoisotopic (exact) mass is 456 g/mol. The van der Waals surface area contributed by atoms with Gasteiger partial charge in [-0.25, -0.2) is 8.78 Å². The summed E-state index contributed by atoms with van der Waals surface area (Å²) in [5, 5.41) is 13.2. The van der Waals surface area contributed by atoms with E-state index < -0.39 is 41.1 Å². The highest BCUT2D eigenvalue weighted by atomic mass is 35.5. The summed E-state index contributed by atoms with van der Waals surface area (Å²) >= 11 is 12.0. The lowest BCUT2D eigenvalue weighted by molar-refractivity contribution is -0.139. The van der Waals surface area contributed by atoms with Crippen molar-refractivity contribution in [3.05, 3.63) is 69.2 Å². The molecule has 4 nitrogen and oxygen atoms in total. The van der Waals surface area contributed by atoms with Crippen molar-refractivity contribution in [2.45, 2.75) is 50.7 Å². The average Bonchev–Trinajstić information content (AvgIpc) is 2.85. The average molecular weight is 457 g/mol. The Kier molecular flexibility index (Phi) is 6.18. The van der Waals surface area contributed by atoms with E-state index >= 15 is 8.78 Å². The minimum Gasteiger partial charge on any atom is -0.480 e. The van der Waals surface area contributed by atoms with Crippen molar-refractivity contribution in [3.8, 4) is 0 Å². The van der Waals surface area contributed by atoms with Crippen LogP contribution in [-0.4, -0.2) is 23.2 Å². The fourth-order valence-corrected chi connectivity index (χ4v) is 4.84. The summed E-state index contributed by atoms with van der Waals surface area (Å²) in [7, 11) is 0. The summed E-state index contributed by atoms with van der Waals surface area (Å²) in [6.45, 7) is 5.85. The molecule has 1 saturated heterocycles. The van der Waals surface area contributed by atoms with Crippen LogP contribution in [-0.2, 0) is 10.3 Å². The molecule has 1 aliphatic rings. The van der Waals surface area contributed by atoms with Gasteiger partial charge in [0, 0.05) is 27.6 Å². The van der Waals surface area contributed by atoms with Gasteiger partial charge in [-0.05, 0) is 41.7 Å². The van der Waals surface area contributed by atoms with E-state index in [9.17, 15) is 9.90 Å². The van der Waals surface area contributed by atoms with Crippen LogP contribution in [0.25, 0.3) is 0 Å². The zero-order valence-electron chi connectivity index (χ0n) is 16.8. The first kappa shape index (κ1) is 22.9. The summed E-state index contributed by atoms with van der Waals surface area (Å²) in [5.41, 5.74) is 4.93. The predicted molar refractivity (Wildman–Crippen MR) is 114 cm³/mol. The molecule has 30 heavy (non-hydrogen) atoms. The van der Waals surface area contributed by atoms with E-state index in [4.69, 9.17) is 28.9 Å². The third-order valence-corrected chi connectivity index (χ3v) is 5.99. The van der Waals surface area contributed by atoms with Crippen molar-refractivity contribution in [2.24, 2.45) is 11.1 Å². The quantitative estimate of drug-likeness (QED) is 0.599. The Bertz CT molecular complexity index is 957. The second-order valence-corrected chi connectivity index (χ2v) is 9.88. The van der Waals surface area contributed by atoms with Gasteiger partial charge >= 0.3 is 5.97 Å². The van der Waals surface area contributed by atoms with E-state index in [1.54, 1.807) is 24.3 Å². The largest absolute Gasteiger partial charge is 0.480 e. The molecular formula is C22H24Cl2F2N2O2. The van der Waals surface area contributed by atoms with Gasteiger partial charge in [-0.1, -0.05) is 56.1 Å². The first-order chi connectivity index (χ1) is 13.8. The maximum absolute atomic E-state index is 15.1. The second-order valence-electron chi connectivity index (χ2n) is 9.01. The Morgan fingerprint density at radius 3 is 2.27 bits per heavy atom. The molecule has 0 amide bonds. The molecule has 0 spiro atoms.